The minimum Gasteiger partial charge on any atom is -0.468 e. The minimum atomic E-state index is -1.60. The van der Waals surface area contributed by atoms with Crippen LogP contribution < -0.4 is 15.2 Å². The van der Waals surface area contributed by atoms with Crippen molar-refractivity contribution in [3.05, 3.63) is 23.8 Å². The van der Waals surface area contributed by atoms with E-state index in [9.17, 15) is 19.2 Å². The predicted molar refractivity (Wildman–Crippen MR) is 154 cm³/mol. The number of rotatable bonds is 15. The molecule has 0 saturated heterocycles. The van der Waals surface area contributed by atoms with Gasteiger partial charge in [-0.3, -0.25) is 14.4 Å². The standard InChI is InChI=1S/C31H49NO9/c1-11-20(6)17-38-30(36)39-21(7)15-31(32,29(35)37-10)16-24-12-13-25(40-27(33)22(8)18(2)3)26(14-24)41-28(34)23(9)19(4)5/h12-14,18-23H,11,15-17,32H2,1-10H3/t20?,21-,22?,23?,31?/m0/s1. The van der Waals surface area contributed by atoms with Gasteiger partial charge in [-0.25, -0.2) is 4.79 Å². The number of hydrogen-bond donors (Lipinski definition) is 1. The second kappa shape index (κ2) is 16.3. The highest BCUT2D eigenvalue weighted by molar-refractivity contribution is 5.81. The van der Waals surface area contributed by atoms with E-state index in [0.29, 0.717) is 5.56 Å². The molecule has 10 nitrogen and oxygen atoms in total. The van der Waals surface area contributed by atoms with E-state index in [1.807, 2.05) is 41.5 Å². The zero-order valence-electron chi connectivity index (χ0n) is 26.3. The van der Waals surface area contributed by atoms with Crippen LogP contribution in [0.5, 0.6) is 11.5 Å². The van der Waals surface area contributed by atoms with Gasteiger partial charge in [0.1, 0.15) is 11.6 Å². The van der Waals surface area contributed by atoms with E-state index in [0.717, 1.165) is 6.42 Å². The Kier molecular flexibility index (Phi) is 14.3. The first-order valence-electron chi connectivity index (χ1n) is 14.3. The van der Waals surface area contributed by atoms with Crippen LogP contribution in [0.25, 0.3) is 0 Å². The number of benzene rings is 1. The Bertz CT molecular complexity index is 1040. The van der Waals surface area contributed by atoms with Crippen molar-refractivity contribution in [3.63, 3.8) is 0 Å². The van der Waals surface area contributed by atoms with Crippen LogP contribution in [0.4, 0.5) is 4.79 Å². The molecule has 0 heterocycles. The van der Waals surface area contributed by atoms with E-state index in [4.69, 9.17) is 29.4 Å². The predicted octanol–water partition coefficient (Wildman–Crippen LogP) is 5.47. The summed E-state index contributed by atoms with van der Waals surface area (Å²) >= 11 is 0. The summed E-state index contributed by atoms with van der Waals surface area (Å²) in [6.45, 7) is 16.9. The first kappa shape index (κ1) is 35.9. The Hall–Kier alpha value is -3.14. The topological polar surface area (TPSA) is 140 Å². The van der Waals surface area contributed by atoms with Gasteiger partial charge in [0.2, 0.25) is 0 Å². The Morgan fingerprint density at radius 3 is 1.88 bits per heavy atom. The number of carbonyl (C=O) groups excluding carboxylic acids is 4. The highest BCUT2D eigenvalue weighted by Crippen LogP contribution is 2.33. The summed E-state index contributed by atoms with van der Waals surface area (Å²) in [6, 6.07) is 4.65. The molecule has 2 N–H and O–H groups in total. The van der Waals surface area contributed by atoms with Crippen molar-refractivity contribution < 1.29 is 42.9 Å². The third kappa shape index (κ3) is 11.3. The van der Waals surface area contributed by atoms with Crippen LogP contribution in [0.3, 0.4) is 0 Å². The lowest BCUT2D eigenvalue weighted by Crippen LogP contribution is -2.53. The molecule has 0 fully saturated rings. The van der Waals surface area contributed by atoms with Crippen molar-refractivity contribution in [1.82, 2.24) is 0 Å². The molecule has 232 valence electrons. The van der Waals surface area contributed by atoms with Crippen molar-refractivity contribution in [1.29, 1.82) is 0 Å². The van der Waals surface area contributed by atoms with Gasteiger partial charge in [-0.1, -0.05) is 67.9 Å². The third-order valence-corrected chi connectivity index (χ3v) is 7.42. The SMILES string of the molecule is CCC(C)COC(=O)O[C@@H](C)CC(N)(Cc1ccc(OC(=O)C(C)C(C)C)c(OC(=O)C(C)C(C)C)c1)C(=O)OC. The smallest absolute Gasteiger partial charge is 0.468 e. The van der Waals surface area contributed by atoms with Crippen LogP contribution in [-0.4, -0.2) is 49.4 Å². The molecule has 5 atom stereocenters. The number of ether oxygens (including phenoxy) is 5. The molecule has 1 aromatic carbocycles. The van der Waals surface area contributed by atoms with E-state index in [1.165, 1.54) is 19.2 Å². The number of methoxy groups -OCH3 is 1. The maximum absolute atomic E-state index is 12.8. The fourth-order valence-electron chi connectivity index (χ4n) is 3.65. The average molecular weight is 580 g/mol. The lowest BCUT2D eigenvalue weighted by Gasteiger charge is -2.29. The Morgan fingerprint density at radius 2 is 1.39 bits per heavy atom. The van der Waals surface area contributed by atoms with Crippen molar-refractivity contribution in [3.8, 4) is 11.5 Å². The monoisotopic (exact) mass is 579 g/mol. The maximum Gasteiger partial charge on any atom is 0.508 e. The fraction of sp³-hybridized carbons (Fsp3) is 0.677. The quantitative estimate of drug-likeness (QED) is 0.210. The van der Waals surface area contributed by atoms with E-state index < -0.39 is 41.6 Å². The number of carbonyl (C=O) groups is 4. The van der Waals surface area contributed by atoms with Crippen LogP contribution in [0, 0.1) is 29.6 Å². The van der Waals surface area contributed by atoms with Gasteiger partial charge in [-0.2, -0.15) is 0 Å². The van der Waals surface area contributed by atoms with Gasteiger partial charge in [0.15, 0.2) is 11.5 Å². The van der Waals surface area contributed by atoms with Crippen molar-refractivity contribution in [2.45, 2.75) is 93.2 Å². The molecule has 0 radical (unpaired) electrons. The van der Waals surface area contributed by atoms with Crippen LogP contribution in [0.1, 0.15) is 80.7 Å². The molecule has 0 aromatic heterocycles. The lowest BCUT2D eigenvalue weighted by molar-refractivity contribution is -0.148. The van der Waals surface area contributed by atoms with E-state index in [1.54, 1.807) is 26.8 Å². The molecule has 0 saturated carbocycles. The maximum atomic E-state index is 12.8. The Morgan fingerprint density at radius 1 is 0.854 bits per heavy atom. The van der Waals surface area contributed by atoms with Crippen molar-refractivity contribution in [2.24, 2.45) is 35.3 Å². The fourth-order valence-corrected chi connectivity index (χ4v) is 3.65. The normalized spacial score (nSPS) is 15.7. The van der Waals surface area contributed by atoms with Crippen LogP contribution in [0.15, 0.2) is 18.2 Å². The molecule has 0 aliphatic rings. The molecular formula is C31H49NO9. The van der Waals surface area contributed by atoms with Gasteiger partial charge in [0.05, 0.1) is 25.6 Å². The Balaban J connectivity index is 3.27. The van der Waals surface area contributed by atoms with Gasteiger partial charge in [-0.15, -0.1) is 0 Å². The molecule has 1 aromatic rings. The number of esters is 3. The molecular weight excluding hydrogens is 530 g/mol. The van der Waals surface area contributed by atoms with Crippen LogP contribution >= 0.6 is 0 Å². The van der Waals surface area contributed by atoms with E-state index >= 15 is 0 Å². The van der Waals surface area contributed by atoms with Gasteiger partial charge in [0.25, 0.3) is 0 Å². The minimum absolute atomic E-state index is 0.0204. The largest absolute Gasteiger partial charge is 0.508 e. The summed E-state index contributed by atoms with van der Waals surface area (Å²) in [7, 11) is 1.22. The summed E-state index contributed by atoms with van der Waals surface area (Å²) < 4.78 is 26.7. The average Bonchev–Trinajstić information content (AvgIpc) is 2.90. The molecule has 0 amide bonds. The molecule has 1 rings (SSSR count). The van der Waals surface area contributed by atoms with E-state index in [-0.39, 0.29) is 54.6 Å². The highest BCUT2D eigenvalue weighted by Gasteiger charge is 2.38. The summed E-state index contributed by atoms with van der Waals surface area (Å²) in [6.07, 6.45) is -0.888. The van der Waals surface area contributed by atoms with Crippen molar-refractivity contribution >= 4 is 24.1 Å². The molecule has 0 aliphatic carbocycles. The summed E-state index contributed by atoms with van der Waals surface area (Å²) in [5, 5.41) is 0. The van der Waals surface area contributed by atoms with Gasteiger partial charge in [0, 0.05) is 12.8 Å². The number of nitrogens with two attached hydrogens (primary N) is 1. The summed E-state index contributed by atoms with van der Waals surface area (Å²) in [4.78, 5) is 50.5. The summed E-state index contributed by atoms with van der Waals surface area (Å²) in [5.74, 6) is -2.10. The third-order valence-electron chi connectivity index (χ3n) is 7.42. The van der Waals surface area contributed by atoms with Gasteiger partial charge < -0.3 is 29.4 Å². The van der Waals surface area contributed by atoms with Gasteiger partial charge in [-0.05, 0) is 42.4 Å². The second-order valence-corrected chi connectivity index (χ2v) is 11.7. The van der Waals surface area contributed by atoms with Crippen LogP contribution in [-0.2, 0) is 35.0 Å². The van der Waals surface area contributed by atoms with Crippen molar-refractivity contribution in [2.75, 3.05) is 13.7 Å². The zero-order valence-corrected chi connectivity index (χ0v) is 26.3. The zero-order chi connectivity index (χ0) is 31.5. The van der Waals surface area contributed by atoms with E-state index in [2.05, 4.69) is 0 Å². The highest BCUT2D eigenvalue weighted by atomic mass is 16.7. The first-order valence-corrected chi connectivity index (χ1v) is 14.3. The Labute approximate surface area is 244 Å². The van der Waals surface area contributed by atoms with Gasteiger partial charge >= 0.3 is 24.1 Å². The van der Waals surface area contributed by atoms with Crippen LogP contribution in [0.2, 0.25) is 0 Å². The molecule has 4 unspecified atom stereocenters. The summed E-state index contributed by atoms with van der Waals surface area (Å²) in [5.41, 5.74) is 5.46. The molecule has 0 bridgehead atoms. The second-order valence-electron chi connectivity index (χ2n) is 11.7. The molecule has 41 heavy (non-hydrogen) atoms. The number of hydrogen-bond acceptors (Lipinski definition) is 10. The lowest BCUT2D eigenvalue weighted by atomic mass is 9.86. The molecule has 10 heteroatoms. The first-order chi connectivity index (χ1) is 19.0. The molecule has 0 aliphatic heterocycles. The molecule has 0 spiro atoms.